The van der Waals surface area contributed by atoms with E-state index in [9.17, 15) is 0 Å². The highest BCUT2D eigenvalue weighted by Crippen LogP contribution is 2.18. The van der Waals surface area contributed by atoms with Crippen LogP contribution in [0.2, 0.25) is 0 Å². The molecule has 0 heterocycles. The minimum absolute atomic E-state index is 0.174. The first-order valence-electron chi connectivity index (χ1n) is 5.61. The monoisotopic (exact) mass is 250 g/mol. The standard InChI is InChI=1S/C12H18N4O2/c1-9(2)10-3-5-11(6-4-10)18-8-7-14-15-12(13)16-17/h3-7,9,17H,8H2,1-2H3,(H3,13,15,16)/b14-7+. The molecule has 0 aliphatic rings. The predicted molar refractivity (Wildman–Crippen MR) is 71.1 cm³/mol. The van der Waals surface area contributed by atoms with Crippen molar-refractivity contribution in [1.29, 1.82) is 0 Å². The number of hydrogen-bond donors (Lipinski definition) is 3. The summed E-state index contributed by atoms with van der Waals surface area (Å²) in [4.78, 5) is 0. The van der Waals surface area contributed by atoms with Crippen molar-refractivity contribution in [3.63, 3.8) is 0 Å². The molecular weight excluding hydrogens is 232 g/mol. The number of nitrogens with one attached hydrogen (secondary N) is 1. The molecule has 4 N–H and O–H groups in total. The van der Waals surface area contributed by atoms with Crippen molar-refractivity contribution in [3.05, 3.63) is 29.8 Å². The fourth-order valence-electron chi connectivity index (χ4n) is 1.24. The summed E-state index contributed by atoms with van der Waals surface area (Å²) in [5.41, 5.74) is 8.08. The van der Waals surface area contributed by atoms with Gasteiger partial charge in [0.15, 0.2) is 0 Å². The van der Waals surface area contributed by atoms with Crippen LogP contribution in [0.5, 0.6) is 5.75 Å². The third kappa shape index (κ3) is 4.84. The molecule has 98 valence electrons. The first-order valence-corrected chi connectivity index (χ1v) is 5.61. The summed E-state index contributed by atoms with van der Waals surface area (Å²) in [5, 5.41) is 15.4. The van der Waals surface area contributed by atoms with Crippen molar-refractivity contribution in [2.75, 3.05) is 6.61 Å². The van der Waals surface area contributed by atoms with Gasteiger partial charge in [0.1, 0.15) is 12.4 Å². The highest BCUT2D eigenvalue weighted by molar-refractivity contribution is 5.77. The maximum Gasteiger partial charge on any atom is 0.237 e. The lowest BCUT2D eigenvalue weighted by Crippen LogP contribution is -2.27. The summed E-state index contributed by atoms with van der Waals surface area (Å²) in [5.74, 6) is 1.10. The van der Waals surface area contributed by atoms with E-state index in [1.165, 1.54) is 11.8 Å². The lowest BCUT2D eigenvalue weighted by molar-refractivity contribution is 0.232. The Kier molecular flexibility index (Phi) is 5.66. The molecule has 0 unspecified atom stereocenters. The minimum Gasteiger partial charge on any atom is -0.488 e. The largest absolute Gasteiger partial charge is 0.488 e. The van der Waals surface area contributed by atoms with Crippen LogP contribution in [0.15, 0.2) is 34.5 Å². The predicted octanol–water partition coefficient (Wildman–Crippen LogP) is 1.47. The van der Waals surface area contributed by atoms with Crippen LogP contribution in [0.4, 0.5) is 0 Å². The molecule has 6 heteroatoms. The second kappa shape index (κ2) is 7.29. The van der Waals surface area contributed by atoms with Gasteiger partial charge in [0.25, 0.3) is 0 Å². The molecule has 0 fully saturated rings. The SMILES string of the molecule is CC(C)c1ccc(OC/C=N/N=C(/N)NO)cc1. The molecule has 1 rings (SSSR count). The van der Waals surface area contributed by atoms with Crippen LogP contribution >= 0.6 is 0 Å². The molecule has 0 saturated heterocycles. The number of rotatable bonds is 5. The molecule has 0 amide bonds. The number of ether oxygens (including phenoxy) is 1. The molecule has 0 aliphatic carbocycles. The zero-order valence-electron chi connectivity index (χ0n) is 10.5. The van der Waals surface area contributed by atoms with Crippen LogP contribution < -0.4 is 16.0 Å². The number of hydrogen-bond acceptors (Lipinski definition) is 4. The molecule has 0 spiro atoms. The molecule has 0 saturated carbocycles. The van der Waals surface area contributed by atoms with E-state index in [0.29, 0.717) is 5.92 Å². The molecule has 6 nitrogen and oxygen atoms in total. The normalized spacial score (nSPS) is 12.1. The van der Waals surface area contributed by atoms with Crippen molar-refractivity contribution in [3.8, 4) is 5.75 Å². The maximum atomic E-state index is 8.33. The average molecular weight is 250 g/mol. The van der Waals surface area contributed by atoms with E-state index in [1.54, 1.807) is 5.48 Å². The van der Waals surface area contributed by atoms with Gasteiger partial charge in [-0.3, -0.25) is 5.21 Å². The summed E-state index contributed by atoms with van der Waals surface area (Å²) in [6.45, 7) is 4.56. The van der Waals surface area contributed by atoms with Gasteiger partial charge >= 0.3 is 0 Å². The Bertz CT molecular complexity index is 413. The fourth-order valence-corrected chi connectivity index (χ4v) is 1.24. The Morgan fingerprint density at radius 3 is 2.67 bits per heavy atom. The quantitative estimate of drug-likeness (QED) is 0.419. The van der Waals surface area contributed by atoms with Gasteiger partial charge in [-0.15, -0.1) is 5.10 Å². The van der Waals surface area contributed by atoms with Gasteiger partial charge in [0, 0.05) is 0 Å². The van der Waals surface area contributed by atoms with Gasteiger partial charge in [-0.2, -0.15) is 5.10 Å². The third-order valence-electron chi connectivity index (χ3n) is 2.23. The highest BCUT2D eigenvalue weighted by Gasteiger charge is 1.98. The van der Waals surface area contributed by atoms with Crippen LogP contribution in [0.3, 0.4) is 0 Å². The molecule has 0 aromatic heterocycles. The number of nitrogens with zero attached hydrogens (tertiary/aromatic N) is 2. The number of benzene rings is 1. The summed E-state index contributed by atoms with van der Waals surface area (Å²) in [7, 11) is 0. The molecule has 0 bridgehead atoms. The van der Waals surface area contributed by atoms with Crippen molar-refractivity contribution in [2.24, 2.45) is 15.9 Å². The number of hydroxylamine groups is 1. The Labute approximate surface area is 106 Å². The zero-order valence-corrected chi connectivity index (χ0v) is 10.5. The van der Waals surface area contributed by atoms with E-state index in [2.05, 4.69) is 24.1 Å². The van der Waals surface area contributed by atoms with E-state index in [0.717, 1.165) is 5.75 Å². The van der Waals surface area contributed by atoms with E-state index in [1.807, 2.05) is 24.3 Å². The highest BCUT2D eigenvalue weighted by atomic mass is 16.5. The van der Waals surface area contributed by atoms with Gasteiger partial charge in [0.2, 0.25) is 5.96 Å². The van der Waals surface area contributed by atoms with Crippen LogP contribution in [0.25, 0.3) is 0 Å². The van der Waals surface area contributed by atoms with Crippen molar-refractivity contribution in [2.45, 2.75) is 19.8 Å². The summed E-state index contributed by atoms with van der Waals surface area (Å²) < 4.78 is 5.41. The first-order chi connectivity index (χ1) is 8.63. The summed E-state index contributed by atoms with van der Waals surface area (Å²) in [6.07, 6.45) is 1.44. The second-order valence-corrected chi connectivity index (χ2v) is 3.93. The molecule has 18 heavy (non-hydrogen) atoms. The molecular formula is C12H18N4O2. The molecule has 0 radical (unpaired) electrons. The first kappa shape index (κ1) is 14.0. The van der Waals surface area contributed by atoms with Crippen molar-refractivity contribution in [1.82, 2.24) is 5.48 Å². The van der Waals surface area contributed by atoms with E-state index < -0.39 is 0 Å². The van der Waals surface area contributed by atoms with Gasteiger partial charge < -0.3 is 10.5 Å². The summed E-state index contributed by atoms with van der Waals surface area (Å²) >= 11 is 0. The van der Waals surface area contributed by atoms with Crippen LogP contribution in [0.1, 0.15) is 25.3 Å². The number of guanidine groups is 1. The van der Waals surface area contributed by atoms with E-state index in [4.69, 9.17) is 15.7 Å². The topological polar surface area (TPSA) is 92.2 Å². The Balaban J connectivity index is 2.40. The lowest BCUT2D eigenvalue weighted by Gasteiger charge is -2.06. The molecule has 0 atom stereocenters. The Morgan fingerprint density at radius 1 is 1.44 bits per heavy atom. The van der Waals surface area contributed by atoms with E-state index >= 15 is 0 Å². The fraction of sp³-hybridized carbons (Fsp3) is 0.333. The second-order valence-electron chi connectivity index (χ2n) is 3.93. The molecule has 1 aromatic carbocycles. The van der Waals surface area contributed by atoms with Crippen LogP contribution in [-0.2, 0) is 0 Å². The summed E-state index contributed by atoms with van der Waals surface area (Å²) in [6, 6.07) is 7.89. The average Bonchev–Trinajstić information content (AvgIpc) is 2.38. The van der Waals surface area contributed by atoms with Gasteiger partial charge in [-0.25, -0.2) is 5.48 Å². The third-order valence-corrected chi connectivity index (χ3v) is 2.23. The van der Waals surface area contributed by atoms with Crippen molar-refractivity contribution >= 4 is 12.2 Å². The van der Waals surface area contributed by atoms with E-state index in [-0.39, 0.29) is 12.6 Å². The van der Waals surface area contributed by atoms with Crippen LogP contribution in [0, 0.1) is 0 Å². The van der Waals surface area contributed by atoms with Gasteiger partial charge in [-0.1, -0.05) is 26.0 Å². The van der Waals surface area contributed by atoms with Gasteiger partial charge in [0.05, 0.1) is 6.21 Å². The van der Waals surface area contributed by atoms with Gasteiger partial charge in [-0.05, 0) is 23.6 Å². The van der Waals surface area contributed by atoms with Crippen LogP contribution in [-0.4, -0.2) is 24.0 Å². The number of nitrogens with two attached hydrogens (primary N) is 1. The molecule has 0 aliphatic heterocycles. The van der Waals surface area contributed by atoms with Crippen molar-refractivity contribution < 1.29 is 9.94 Å². The molecule has 1 aromatic rings. The lowest BCUT2D eigenvalue weighted by atomic mass is 10.0. The Morgan fingerprint density at radius 2 is 2.11 bits per heavy atom. The maximum absolute atomic E-state index is 8.33. The minimum atomic E-state index is -0.174. The zero-order chi connectivity index (χ0) is 13.4. The Hall–Kier alpha value is -2.08. The smallest absolute Gasteiger partial charge is 0.237 e.